The number of ether oxygens (including phenoxy) is 2. The van der Waals surface area contributed by atoms with E-state index in [1.54, 1.807) is 30.6 Å². The van der Waals surface area contributed by atoms with Gasteiger partial charge in [0.15, 0.2) is 0 Å². The van der Waals surface area contributed by atoms with Gasteiger partial charge in [0.2, 0.25) is 5.95 Å². The van der Waals surface area contributed by atoms with Crippen molar-refractivity contribution >= 4 is 18.0 Å². The van der Waals surface area contributed by atoms with Crippen molar-refractivity contribution in [3.8, 4) is 22.9 Å². The van der Waals surface area contributed by atoms with E-state index < -0.39 is 0 Å². The quantitative estimate of drug-likeness (QED) is 0.0941. The summed E-state index contributed by atoms with van der Waals surface area (Å²) >= 11 is 0. The van der Waals surface area contributed by atoms with Gasteiger partial charge in [-0.1, -0.05) is 6.07 Å². The molecule has 3 atom stereocenters. The Balaban J connectivity index is 1.08. The molecule has 3 aromatic rings. The summed E-state index contributed by atoms with van der Waals surface area (Å²) < 4.78 is 13.7. The molecule has 3 fully saturated rings. The van der Waals surface area contributed by atoms with Crippen LogP contribution in [0.5, 0.6) is 5.75 Å². The second-order valence-electron chi connectivity index (χ2n) is 11.8. The summed E-state index contributed by atoms with van der Waals surface area (Å²) in [5, 5.41) is 24.3. The van der Waals surface area contributed by atoms with Crippen LogP contribution in [0.25, 0.3) is 11.1 Å². The van der Waals surface area contributed by atoms with Gasteiger partial charge in [-0.2, -0.15) is 10.8 Å². The number of rotatable bonds is 11. The van der Waals surface area contributed by atoms with E-state index in [9.17, 15) is 10.1 Å². The number of anilines is 2. The fraction of sp³-hybridized carbons (Fsp3) is 0.500. The fourth-order valence-corrected chi connectivity index (χ4v) is 6.81. The Morgan fingerprint density at radius 2 is 1.84 bits per heavy atom. The number of hydrazine groups is 2. The molecule has 6 rings (SSSR count). The van der Waals surface area contributed by atoms with E-state index in [0.29, 0.717) is 47.6 Å². The summed E-state index contributed by atoms with van der Waals surface area (Å²) in [4.78, 5) is 24.4. The number of nitrogens with zero attached hydrogens (tertiary/aromatic N) is 6. The monoisotopic (exact) mass is 601 g/mol. The maximum atomic E-state index is 12.8. The maximum absolute atomic E-state index is 12.8. The maximum Gasteiger partial charge on any atom is 0.287 e. The number of nitriles is 1. The minimum atomic E-state index is -0.363. The van der Waals surface area contributed by atoms with Crippen LogP contribution in [0.4, 0.5) is 11.6 Å². The Kier molecular flexibility index (Phi) is 8.89. The molecule has 14 nitrogen and oxygen atoms in total. The first-order valence-corrected chi connectivity index (χ1v) is 15.2. The second kappa shape index (κ2) is 13.1. The minimum absolute atomic E-state index is 0.208. The van der Waals surface area contributed by atoms with E-state index in [-0.39, 0.29) is 17.7 Å². The zero-order valence-corrected chi connectivity index (χ0v) is 24.8. The van der Waals surface area contributed by atoms with Crippen molar-refractivity contribution in [3.63, 3.8) is 0 Å². The van der Waals surface area contributed by atoms with Crippen LogP contribution < -0.4 is 27.0 Å². The van der Waals surface area contributed by atoms with Crippen LogP contribution in [0.2, 0.25) is 0 Å². The molecule has 0 spiro atoms. The molecular formula is C30H39N11O3. The molecule has 6 N–H and O–H groups in total. The molecular weight excluding hydrogens is 562 g/mol. The Morgan fingerprint density at radius 1 is 1.16 bits per heavy atom. The highest BCUT2D eigenvalue weighted by molar-refractivity contribution is 5.66. The van der Waals surface area contributed by atoms with E-state index in [1.165, 1.54) is 17.9 Å². The van der Waals surface area contributed by atoms with Crippen LogP contribution in [0, 0.1) is 16.7 Å². The summed E-state index contributed by atoms with van der Waals surface area (Å²) in [6.07, 6.45) is 12.6. The SMILES string of the molecule is C[C@@H](CN(C=N)NN)Oc1cc(-c2cnc(Nc3cn(C4CCC(N5[C@@H]6CC[C@H]5COC6)CC4)[nH]c3=O)nc2)ccc1C#N. The number of nitrogens with one attached hydrogen (secondary N) is 4. The largest absolute Gasteiger partial charge is 0.487 e. The number of benzene rings is 1. The lowest BCUT2D eigenvalue weighted by Gasteiger charge is -2.43. The molecule has 2 bridgehead atoms. The first kappa shape index (κ1) is 29.8. The van der Waals surface area contributed by atoms with Crippen molar-refractivity contribution in [2.24, 2.45) is 5.84 Å². The molecule has 4 heterocycles. The number of hydrogen-bond donors (Lipinski definition) is 5. The Bertz CT molecular complexity index is 1520. The van der Waals surface area contributed by atoms with Gasteiger partial charge < -0.3 is 14.8 Å². The molecule has 14 heteroatoms. The molecule has 0 unspecified atom stereocenters. The van der Waals surface area contributed by atoms with Crippen molar-refractivity contribution in [1.29, 1.82) is 10.7 Å². The van der Waals surface area contributed by atoms with Gasteiger partial charge in [0.05, 0.1) is 43.9 Å². The van der Waals surface area contributed by atoms with E-state index in [1.807, 2.05) is 17.8 Å². The van der Waals surface area contributed by atoms with Gasteiger partial charge in [0.25, 0.3) is 5.56 Å². The van der Waals surface area contributed by atoms with Crippen LogP contribution in [-0.2, 0) is 4.74 Å². The molecule has 44 heavy (non-hydrogen) atoms. The van der Waals surface area contributed by atoms with E-state index in [0.717, 1.165) is 56.4 Å². The molecule has 2 saturated heterocycles. The number of aromatic amines is 1. The van der Waals surface area contributed by atoms with Crippen LogP contribution >= 0.6 is 0 Å². The molecule has 1 saturated carbocycles. The Labute approximate surface area is 255 Å². The average Bonchev–Trinajstić information content (AvgIpc) is 3.54. The standard InChI is InChI=1S/C30H39N11O3/c1-19(14-39(18-32)38-33)44-28-10-20(2-3-21(28)11-31)22-12-34-30(35-13-22)36-27-15-40(37-29(27)42)23-4-6-24(7-5-23)41-25-8-9-26(41)17-43-16-25/h2-3,10,12-13,15,18-19,23-26,32,38H,4-9,14,16-17,33H2,1H3,(H,37,42)(H,34,35,36)/t19-,23?,24?,25-,26+/m0/s1. The molecule has 0 radical (unpaired) electrons. The highest BCUT2D eigenvalue weighted by Crippen LogP contribution is 2.38. The fourth-order valence-electron chi connectivity index (χ4n) is 6.81. The highest BCUT2D eigenvalue weighted by atomic mass is 16.5. The Hall–Kier alpha value is -4.29. The molecule has 1 aromatic carbocycles. The summed E-state index contributed by atoms with van der Waals surface area (Å²) in [6, 6.07) is 9.39. The number of H-pyrrole nitrogens is 1. The number of morpholine rings is 1. The van der Waals surface area contributed by atoms with Gasteiger partial charge in [-0.05, 0) is 63.1 Å². The number of nitrogens with two attached hydrogens (primary N) is 1. The predicted octanol–water partition coefficient (Wildman–Crippen LogP) is 2.65. The van der Waals surface area contributed by atoms with Gasteiger partial charge in [0.1, 0.15) is 23.6 Å². The third-order valence-corrected chi connectivity index (χ3v) is 8.96. The molecule has 3 aliphatic rings. The van der Waals surface area contributed by atoms with Gasteiger partial charge in [-0.25, -0.2) is 9.97 Å². The molecule has 1 aliphatic carbocycles. The average molecular weight is 602 g/mol. The lowest BCUT2D eigenvalue weighted by Crippen LogP contribution is -2.52. The lowest BCUT2D eigenvalue weighted by molar-refractivity contribution is -0.0458. The van der Waals surface area contributed by atoms with Gasteiger partial charge >= 0.3 is 0 Å². The summed E-state index contributed by atoms with van der Waals surface area (Å²) in [5.41, 5.74) is 4.46. The first-order valence-electron chi connectivity index (χ1n) is 15.2. The van der Waals surface area contributed by atoms with Gasteiger partial charge in [-0.15, -0.1) is 0 Å². The summed E-state index contributed by atoms with van der Waals surface area (Å²) in [7, 11) is 0. The van der Waals surface area contributed by atoms with Crippen molar-refractivity contribution in [2.75, 3.05) is 25.1 Å². The van der Waals surface area contributed by atoms with Crippen molar-refractivity contribution in [3.05, 3.63) is 52.7 Å². The first-order chi connectivity index (χ1) is 21.4. The molecule has 2 aromatic heterocycles. The van der Waals surface area contributed by atoms with Crippen LogP contribution in [0.3, 0.4) is 0 Å². The molecule has 232 valence electrons. The van der Waals surface area contributed by atoms with Crippen LogP contribution in [0.15, 0.2) is 41.6 Å². The van der Waals surface area contributed by atoms with Crippen LogP contribution in [0.1, 0.15) is 57.1 Å². The topological polar surface area (TPSA) is 186 Å². The third kappa shape index (κ3) is 6.31. The highest BCUT2D eigenvalue weighted by Gasteiger charge is 2.42. The second-order valence-corrected chi connectivity index (χ2v) is 11.8. The Morgan fingerprint density at radius 3 is 2.50 bits per heavy atom. The molecule has 2 aliphatic heterocycles. The smallest absolute Gasteiger partial charge is 0.287 e. The number of aromatic nitrogens is 4. The van der Waals surface area contributed by atoms with Crippen LogP contribution in [-0.4, -0.2) is 80.0 Å². The van der Waals surface area contributed by atoms with E-state index in [4.69, 9.17) is 20.7 Å². The zero-order valence-electron chi connectivity index (χ0n) is 24.8. The zero-order chi connectivity index (χ0) is 30.6. The number of fused-ring (bicyclic) bond motifs is 2. The number of hydrogen-bond acceptors (Lipinski definition) is 11. The van der Waals surface area contributed by atoms with Crippen molar-refractivity contribution in [2.45, 2.75) is 75.7 Å². The van der Waals surface area contributed by atoms with E-state index >= 15 is 0 Å². The molecule has 0 amide bonds. The van der Waals surface area contributed by atoms with E-state index in [2.05, 4.69) is 36.9 Å². The van der Waals surface area contributed by atoms with Crippen molar-refractivity contribution in [1.82, 2.24) is 35.2 Å². The summed E-state index contributed by atoms with van der Waals surface area (Å²) in [5.74, 6) is 6.11. The van der Waals surface area contributed by atoms with Gasteiger partial charge in [0, 0.05) is 36.1 Å². The normalized spacial score (nSPS) is 23.9. The summed E-state index contributed by atoms with van der Waals surface area (Å²) in [6.45, 7) is 3.85. The van der Waals surface area contributed by atoms with Crippen molar-refractivity contribution < 1.29 is 9.47 Å². The van der Waals surface area contributed by atoms with Gasteiger partial charge in [-0.3, -0.25) is 35.7 Å². The third-order valence-electron chi connectivity index (χ3n) is 8.96. The predicted molar refractivity (Wildman–Crippen MR) is 164 cm³/mol. The minimum Gasteiger partial charge on any atom is -0.487 e. The lowest BCUT2D eigenvalue weighted by atomic mass is 9.89.